The molecule has 2 aromatic heterocycles. The second kappa shape index (κ2) is 8.53. The molecule has 1 N–H and O–H groups in total. The smallest absolute Gasteiger partial charge is 0.281 e. The van der Waals surface area contributed by atoms with Gasteiger partial charge in [0.05, 0.1) is 11.4 Å². The SMILES string of the molecule is Cc1ccc(Cn2nnc3c(=O)[nH]c(C4CCN(S(=O)(=O)c5ccccc5)CC4)nc32)cc1. The first kappa shape index (κ1) is 21.5. The molecular weight excluding hydrogens is 440 g/mol. The van der Waals surface area contributed by atoms with E-state index in [0.717, 1.165) is 5.56 Å². The zero-order valence-electron chi connectivity index (χ0n) is 18.2. The first-order valence-electron chi connectivity index (χ1n) is 10.9. The highest BCUT2D eigenvalue weighted by atomic mass is 32.2. The van der Waals surface area contributed by atoms with Gasteiger partial charge in [0.1, 0.15) is 5.82 Å². The van der Waals surface area contributed by atoms with Crippen molar-refractivity contribution in [1.29, 1.82) is 0 Å². The second-order valence-electron chi connectivity index (χ2n) is 8.35. The normalized spacial score (nSPS) is 15.8. The Morgan fingerprint density at radius 1 is 1.03 bits per heavy atom. The third-order valence-electron chi connectivity index (χ3n) is 6.07. The fraction of sp³-hybridized carbons (Fsp3) is 0.304. The van der Waals surface area contributed by atoms with Gasteiger partial charge in [-0.25, -0.2) is 18.1 Å². The Hall–Kier alpha value is -3.37. The van der Waals surface area contributed by atoms with E-state index in [-0.39, 0.29) is 17.0 Å². The van der Waals surface area contributed by atoms with Gasteiger partial charge < -0.3 is 4.98 Å². The van der Waals surface area contributed by atoms with Crippen LogP contribution in [0, 0.1) is 6.92 Å². The zero-order valence-corrected chi connectivity index (χ0v) is 19.0. The molecule has 0 saturated carbocycles. The molecule has 0 atom stereocenters. The van der Waals surface area contributed by atoms with Crippen LogP contribution in [0.4, 0.5) is 0 Å². The Morgan fingerprint density at radius 2 is 1.73 bits per heavy atom. The lowest BCUT2D eigenvalue weighted by Gasteiger charge is -2.30. The highest BCUT2D eigenvalue weighted by Gasteiger charge is 2.31. The summed E-state index contributed by atoms with van der Waals surface area (Å²) >= 11 is 0. The van der Waals surface area contributed by atoms with E-state index in [1.165, 1.54) is 9.87 Å². The summed E-state index contributed by atoms with van der Waals surface area (Å²) in [6.07, 6.45) is 1.14. The number of rotatable bonds is 5. The quantitative estimate of drug-likeness (QED) is 0.485. The summed E-state index contributed by atoms with van der Waals surface area (Å²) < 4.78 is 28.9. The standard InChI is InChI=1S/C23H24N6O3S/c1-16-7-9-17(10-8-16)15-29-22-20(26-27-29)23(30)25-21(24-22)18-11-13-28(14-12-18)33(31,32)19-5-3-2-4-6-19/h2-10,18H,11-15H2,1H3,(H,24,25,30). The summed E-state index contributed by atoms with van der Waals surface area (Å²) in [4.78, 5) is 20.5. The lowest BCUT2D eigenvalue weighted by atomic mass is 9.97. The molecule has 5 rings (SSSR count). The molecule has 1 saturated heterocycles. The summed E-state index contributed by atoms with van der Waals surface area (Å²) in [6, 6.07) is 16.5. The molecule has 33 heavy (non-hydrogen) atoms. The van der Waals surface area contributed by atoms with E-state index in [0.29, 0.717) is 48.8 Å². The molecule has 3 heterocycles. The Bertz CT molecular complexity index is 1440. The molecule has 170 valence electrons. The van der Waals surface area contributed by atoms with Gasteiger partial charge in [-0.2, -0.15) is 4.31 Å². The van der Waals surface area contributed by atoms with Crippen LogP contribution in [0.1, 0.15) is 35.7 Å². The topological polar surface area (TPSA) is 114 Å². The Kier molecular flexibility index (Phi) is 5.55. The molecule has 1 fully saturated rings. The molecule has 0 radical (unpaired) electrons. The van der Waals surface area contributed by atoms with Crippen molar-refractivity contribution in [1.82, 2.24) is 29.3 Å². The average Bonchev–Trinajstić information content (AvgIpc) is 3.24. The molecule has 0 amide bonds. The van der Waals surface area contributed by atoms with E-state index >= 15 is 0 Å². The highest BCUT2D eigenvalue weighted by molar-refractivity contribution is 7.89. The van der Waals surface area contributed by atoms with Crippen LogP contribution in [0.2, 0.25) is 0 Å². The van der Waals surface area contributed by atoms with Crippen molar-refractivity contribution >= 4 is 21.2 Å². The van der Waals surface area contributed by atoms with Gasteiger partial charge >= 0.3 is 0 Å². The molecule has 0 bridgehead atoms. The number of hydrogen-bond acceptors (Lipinski definition) is 6. The molecule has 0 aliphatic carbocycles. The number of hydrogen-bond donors (Lipinski definition) is 1. The van der Waals surface area contributed by atoms with Crippen LogP contribution in [0.15, 0.2) is 64.3 Å². The summed E-state index contributed by atoms with van der Waals surface area (Å²) in [5, 5.41) is 8.15. The lowest BCUT2D eigenvalue weighted by molar-refractivity contribution is 0.313. The third kappa shape index (κ3) is 4.19. The fourth-order valence-electron chi connectivity index (χ4n) is 4.16. The van der Waals surface area contributed by atoms with Crippen LogP contribution >= 0.6 is 0 Å². The molecule has 0 spiro atoms. The van der Waals surface area contributed by atoms with E-state index in [2.05, 4.69) is 15.3 Å². The molecule has 10 heteroatoms. The number of fused-ring (bicyclic) bond motifs is 1. The predicted molar refractivity (Wildman–Crippen MR) is 123 cm³/mol. The number of nitrogens with zero attached hydrogens (tertiary/aromatic N) is 5. The number of aromatic nitrogens is 5. The predicted octanol–water partition coefficient (Wildman–Crippen LogP) is 2.44. The number of piperidine rings is 1. The number of aryl methyl sites for hydroxylation is 1. The van der Waals surface area contributed by atoms with E-state index in [1.807, 2.05) is 31.2 Å². The van der Waals surface area contributed by atoms with Crippen LogP contribution < -0.4 is 5.56 Å². The molecule has 4 aromatic rings. The first-order valence-corrected chi connectivity index (χ1v) is 12.3. The van der Waals surface area contributed by atoms with E-state index in [4.69, 9.17) is 4.98 Å². The maximum atomic E-state index is 12.9. The van der Waals surface area contributed by atoms with Crippen molar-refractivity contribution in [3.8, 4) is 0 Å². The monoisotopic (exact) mass is 464 g/mol. The van der Waals surface area contributed by atoms with Gasteiger partial charge in [0.2, 0.25) is 10.0 Å². The molecule has 1 aliphatic heterocycles. The van der Waals surface area contributed by atoms with Crippen LogP contribution in [0.3, 0.4) is 0 Å². The molecule has 0 unspecified atom stereocenters. The summed E-state index contributed by atoms with van der Waals surface area (Å²) in [7, 11) is -3.53. The Morgan fingerprint density at radius 3 is 2.42 bits per heavy atom. The van der Waals surface area contributed by atoms with Crippen molar-refractivity contribution in [3.05, 3.63) is 81.9 Å². The first-order chi connectivity index (χ1) is 15.9. The largest absolute Gasteiger partial charge is 0.308 e. The van der Waals surface area contributed by atoms with Gasteiger partial charge in [0, 0.05) is 19.0 Å². The minimum Gasteiger partial charge on any atom is -0.308 e. The molecule has 2 aromatic carbocycles. The van der Waals surface area contributed by atoms with Crippen molar-refractivity contribution in [2.24, 2.45) is 0 Å². The lowest BCUT2D eigenvalue weighted by Crippen LogP contribution is -2.38. The van der Waals surface area contributed by atoms with E-state index < -0.39 is 10.0 Å². The number of sulfonamides is 1. The van der Waals surface area contributed by atoms with Gasteiger partial charge in [-0.05, 0) is 37.5 Å². The van der Waals surface area contributed by atoms with Crippen LogP contribution in [0.5, 0.6) is 0 Å². The number of nitrogens with one attached hydrogen (secondary N) is 1. The van der Waals surface area contributed by atoms with Crippen molar-refractivity contribution in [2.45, 2.75) is 37.1 Å². The third-order valence-corrected chi connectivity index (χ3v) is 7.98. The van der Waals surface area contributed by atoms with Gasteiger partial charge in [-0.1, -0.05) is 53.2 Å². The van der Waals surface area contributed by atoms with Gasteiger partial charge in [-0.15, -0.1) is 5.10 Å². The van der Waals surface area contributed by atoms with Crippen LogP contribution in [0.25, 0.3) is 11.2 Å². The minimum atomic E-state index is -3.53. The Balaban J connectivity index is 1.37. The van der Waals surface area contributed by atoms with Gasteiger partial charge in [0.25, 0.3) is 5.56 Å². The zero-order chi connectivity index (χ0) is 23.0. The van der Waals surface area contributed by atoms with E-state index in [1.54, 1.807) is 35.0 Å². The second-order valence-corrected chi connectivity index (χ2v) is 10.3. The van der Waals surface area contributed by atoms with E-state index in [9.17, 15) is 13.2 Å². The summed E-state index contributed by atoms with van der Waals surface area (Å²) in [5.41, 5.74) is 2.52. The van der Waals surface area contributed by atoms with Gasteiger partial charge in [-0.3, -0.25) is 4.79 Å². The summed E-state index contributed by atoms with van der Waals surface area (Å²) in [5.74, 6) is 0.503. The number of H-pyrrole nitrogens is 1. The fourth-order valence-corrected chi connectivity index (χ4v) is 5.65. The van der Waals surface area contributed by atoms with Crippen molar-refractivity contribution in [2.75, 3.05) is 13.1 Å². The van der Waals surface area contributed by atoms with Crippen LogP contribution in [-0.4, -0.2) is 50.8 Å². The minimum absolute atomic E-state index is 0.0490. The van der Waals surface area contributed by atoms with Crippen LogP contribution in [-0.2, 0) is 16.6 Å². The molecule has 1 aliphatic rings. The highest BCUT2D eigenvalue weighted by Crippen LogP contribution is 2.29. The maximum absolute atomic E-state index is 12.9. The van der Waals surface area contributed by atoms with Crippen molar-refractivity contribution < 1.29 is 8.42 Å². The van der Waals surface area contributed by atoms with Crippen molar-refractivity contribution in [3.63, 3.8) is 0 Å². The molecular formula is C23H24N6O3S. The Labute approximate surface area is 191 Å². The molecule has 9 nitrogen and oxygen atoms in total. The maximum Gasteiger partial charge on any atom is 0.281 e. The average molecular weight is 465 g/mol. The number of benzene rings is 2. The van der Waals surface area contributed by atoms with Gasteiger partial charge in [0.15, 0.2) is 11.2 Å². The number of aromatic amines is 1. The summed E-state index contributed by atoms with van der Waals surface area (Å²) in [6.45, 7) is 3.22.